The molecule has 0 amide bonds. The van der Waals surface area contributed by atoms with E-state index in [1.807, 2.05) is 0 Å². The molecule has 0 aliphatic carbocycles. The molecule has 1 saturated heterocycles. The molecule has 12 heteroatoms. The van der Waals surface area contributed by atoms with Gasteiger partial charge < -0.3 is 15.2 Å². The third-order valence-corrected chi connectivity index (χ3v) is 7.94. The van der Waals surface area contributed by atoms with Crippen LogP contribution in [-0.4, -0.2) is 61.1 Å². The van der Waals surface area contributed by atoms with Crippen molar-refractivity contribution in [2.45, 2.75) is 30.3 Å². The fourth-order valence-corrected chi connectivity index (χ4v) is 5.74. The highest BCUT2D eigenvalue weighted by Gasteiger charge is 2.36. The summed E-state index contributed by atoms with van der Waals surface area (Å²) in [6, 6.07) is 4.87. The molecule has 1 fully saturated rings. The van der Waals surface area contributed by atoms with Crippen molar-refractivity contribution in [1.82, 2.24) is 14.3 Å². The lowest BCUT2D eigenvalue weighted by atomic mass is 9.94. The van der Waals surface area contributed by atoms with Crippen molar-refractivity contribution >= 4 is 39.2 Å². The van der Waals surface area contributed by atoms with Crippen molar-refractivity contribution in [3.63, 3.8) is 0 Å². The van der Waals surface area contributed by atoms with Crippen LogP contribution in [0.1, 0.15) is 18.4 Å². The first kappa shape index (κ1) is 23.3. The van der Waals surface area contributed by atoms with Gasteiger partial charge in [0.2, 0.25) is 15.3 Å². The molecule has 9 nitrogen and oxygen atoms in total. The van der Waals surface area contributed by atoms with Crippen LogP contribution < -0.4 is 5.73 Å². The maximum atomic E-state index is 13.0. The number of aromatic nitrogens is 2. The zero-order chi connectivity index (χ0) is 22.9. The van der Waals surface area contributed by atoms with E-state index in [0.717, 1.165) is 10.7 Å². The maximum absolute atomic E-state index is 13.0. The number of carbonyl (C=O) groups is 1. The molecule has 2 aromatic rings. The summed E-state index contributed by atoms with van der Waals surface area (Å²) in [5.74, 6) is -0.491. The summed E-state index contributed by atoms with van der Waals surface area (Å²) in [7, 11) is -3.88. The standard InChI is InChI=1S/C20H22Cl2N4O5S/c21-15-8-24-20(22)25-19(15)12-1-2-13-9-26(32(28,29)17(13)7-12)10-18(27)31-6-3-14-11-30-5-4-16(14)23/h1-2,7-8,14,16H,3-6,9-11,23H2. The zero-order valence-electron chi connectivity index (χ0n) is 17.0. The van der Waals surface area contributed by atoms with Gasteiger partial charge in [-0.3, -0.25) is 4.79 Å². The molecule has 32 heavy (non-hydrogen) atoms. The van der Waals surface area contributed by atoms with Gasteiger partial charge in [-0.25, -0.2) is 18.4 Å². The van der Waals surface area contributed by atoms with Crippen molar-refractivity contribution < 1.29 is 22.7 Å². The Balaban J connectivity index is 1.41. The average Bonchev–Trinajstić information content (AvgIpc) is 3.00. The number of fused-ring (bicyclic) bond motifs is 1. The fourth-order valence-electron chi connectivity index (χ4n) is 3.80. The van der Waals surface area contributed by atoms with Crippen molar-refractivity contribution in [2.24, 2.45) is 11.7 Å². The SMILES string of the molecule is NC1CCOCC1CCOC(=O)CN1Cc2ccc(-c3nc(Cl)ncc3Cl)cc2S1(=O)=O. The Hall–Kier alpha value is -1.82. The first-order chi connectivity index (χ1) is 15.3. The van der Waals surface area contributed by atoms with Crippen LogP contribution in [0.25, 0.3) is 11.3 Å². The monoisotopic (exact) mass is 500 g/mol. The molecule has 4 rings (SSSR count). The lowest BCUT2D eigenvalue weighted by Crippen LogP contribution is -2.39. The minimum atomic E-state index is -3.88. The normalized spacial score (nSPS) is 22.5. The number of sulfonamides is 1. The van der Waals surface area contributed by atoms with E-state index < -0.39 is 16.0 Å². The van der Waals surface area contributed by atoms with E-state index in [9.17, 15) is 13.2 Å². The largest absolute Gasteiger partial charge is 0.465 e. The minimum Gasteiger partial charge on any atom is -0.465 e. The molecule has 2 atom stereocenters. The molecule has 2 unspecified atom stereocenters. The number of nitrogens with zero attached hydrogens (tertiary/aromatic N) is 3. The van der Waals surface area contributed by atoms with Gasteiger partial charge in [0.25, 0.3) is 0 Å². The highest BCUT2D eigenvalue weighted by atomic mass is 35.5. The van der Waals surface area contributed by atoms with Crippen molar-refractivity contribution in [2.75, 3.05) is 26.4 Å². The molecule has 3 heterocycles. The first-order valence-corrected chi connectivity index (χ1v) is 12.3. The van der Waals surface area contributed by atoms with Gasteiger partial charge in [0.05, 0.1) is 35.0 Å². The highest BCUT2D eigenvalue weighted by molar-refractivity contribution is 7.89. The lowest BCUT2D eigenvalue weighted by Gasteiger charge is -2.28. The molecule has 0 saturated carbocycles. The maximum Gasteiger partial charge on any atom is 0.321 e. The molecular formula is C20H22Cl2N4O5S. The Labute approximate surface area is 195 Å². The smallest absolute Gasteiger partial charge is 0.321 e. The number of halogens is 2. The summed E-state index contributed by atoms with van der Waals surface area (Å²) in [5, 5.41) is 0.242. The average molecular weight is 501 g/mol. The van der Waals surface area contributed by atoms with Crippen LogP contribution in [0.3, 0.4) is 0 Å². The Bertz CT molecular complexity index is 1130. The van der Waals surface area contributed by atoms with Crippen LogP contribution in [0.4, 0.5) is 0 Å². The summed E-state index contributed by atoms with van der Waals surface area (Å²) >= 11 is 12.0. The van der Waals surface area contributed by atoms with Gasteiger partial charge in [-0.2, -0.15) is 4.31 Å². The van der Waals surface area contributed by atoms with Crippen LogP contribution in [-0.2, 0) is 30.8 Å². The zero-order valence-corrected chi connectivity index (χ0v) is 19.4. The van der Waals surface area contributed by atoms with Crippen molar-refractivity contribution in [1.29, 1.82) is 0 Å². The molecular weight excluding hydrogens is 479 g/mol. The summed E-state index contributed by atoms with van der Waals surface area (Å²) in [6.45, 7) is 1.05. The van der Waals surface area contributed by atoms with E-state index in [4.69, 9.17) is 38.4 Å². The third-order valence-electron chi connectivity index (χ3n) is 5.61. The number of rotatable bonds is 6. The van der Waals surface area contributed by atoms with Gasteiger partial charge in [-0.1, -0.05) is 23.7 Å². The molecule has 2 aliphatic rings. The predicted octanol–water partition coefficient (Wildman–Crippen LogP) is 2.25. The quantitative estimate of drug-likeness (QED) is 0.472. The van der Waals surface area contributed by atoms with Gasteiger partial charge >= 0.3 is 5.97 Å². The van der Waals surface area contributed by atoms with Crippen molar-refractivity contribution in [3.8, 4) is 11.3 Å². The fraction of sp³-hybridized carbons (Fsp3) is 0.450. The molecule has 1 aromatic carbocycles. The van der Waals surface area contributed by atoms with E-state index in [0.29, 0.717) is 36.5 Å². The Kier molecular flexibility index (Phi) is 6.99. The van der Waals surface area contributed by atoms with Gasteiger partial charge in [0.1, 0.15) is 6.54 Å². The number of hydrogen-bond donors (Lipinski definition) is 1. The molecule has 2 N–H and O–H groups in total. The van der Waals surface area contributed by atoms with Crippen molar-refractivity contribution in [3.05, 3.63) is 40.3 Å². The predicted molar refractivity (Wildman–Crippen MR) is 118 cm³/mol. The topological polar surface area (TPSA) is 125 Å². The van der Waals surface area contributed by atoms with E-state index in [1.54, 1.807) is 12.1 Å². The summed E-state index contributed by atoms with van der Waals surface area (Å²) in [4.78, 5) is 20.3. The number of esters is 1. The summed E-state index contributed by atoms with van der Waals surface area (Å²) in [5.41, 5.74) is 7.43. The number of carbonyl (C=O) groups excluding carboxylic acids is 1. The Morgan fingerprint density at radius 2 is 2.16 bits per heavy atom. The number of nitrogens with two attached hydrogens (primary N) is 1. The minimum absolute atomic E-state index is 0.00197. The lowest BCUT2D eigenvalue weighted by molar-refractivity contribution is -0.144. The van der Waals surface area contributed by atoms with Crippen LogP contribution in [0.5, 0.6) is 0 Å². The van der Waals surface area contributed by atoms with E-state index in [1.165, 1.54) is 12.3 Å². The second-order valence-electron chi connectivity index (χ2n) is 7.73. The molecule has 0 bridgehead atoms. The summed E-state index contributed by atoms with van der Waals surface area (Å²) in [6.07, 6.45) is 2.70. The third kappa shape index (κ3) is 4.90. The van der Waals surface area contributed by atoms with Gasteiger partial charge in [-0.15, -0.1) is 0 Å². The van der Waals surface area contributed by atoms with E-state index in [2.05, 4.69) is 9.97 Å². The summed E-state index contributed by atoms with van der Waals surface area (Å²) < 4.78 is 37.8. The molecule has 2 aliphatic heterocycles. The molecule has 172 valence electrons. The van der Waals surface area contributed by atoms with Crippen LogP contribution >= 0.6 is 23.2 Å². The van der Waals surface area contributed by atoms with Crippen LogP contribution in [0.2, 0.25) is 10.3 Å². The first-order valence-electron chi connectivity index (χ1n) is 10.1. The number of benzene rings is 1. The highest BCUT2D eigenvalue weighted by Crippen LogP contribution is 2.35. The molecule has 0 radical (unpaired) electrons. The molecule has 0 spiro atoms. The second-order valence-corrected chi connectivity index (χ2v) is 10.4. The number of ether oxygens (including phenoxy) is 2. The second kappa shape index (κ2) is 9.58. The van der Waals surface area contributed by atoms with Crippen LogP contribution in [0, 0.1) is 5.92 Å². The Morgan fingerprint density at radius 3 is 2.94 bits per heavy atom. The van der Waals surface area contributed by atoms with Gasteiger partial charge in [0, 0.05) is 30.7 Å². The van der Waals surface area contributed by atoms with Crippen LogP contribution in [0.15, 0.2) is 29.3 Å². The van der Waals surface area contributed by atoms with Gasteiger partial charge in [0.15, 0.2) is 0 Å². The number of hydrogen-bond acceptors (Lipinski definition) is 8. The van der Waals surface area contributed by atoms with E-state index in [-0.39, 0.29) is 46.9 Å². The Morgan fingerprint density at radius 1 is 1.34 bits per heavy atom. The van der Waals surface area contributed by atoms with E-state index >= 15 is 0 Å². The molecule has 1 aromatic heterocycles. The van der Waals surface area contributed by atoms with Gasteiger partial charge in [-0.05, 0) is 36.1 Å².